The first-order valence-electron chi connectivity index (χ1n) is 6.21. The molecule has 1 aromatic carbocycles. The quantitative estimate of drug-likeness (QED) is 0.195. The molecule has 3 aromatic rings. The molecule has 0 aliphatic carbocycles. The minimum atomic E-state index is -0.261. The molecule has 5 N–H and O–H groups in total. The number of benzene rings is 1. The predicted molar refractivity (Wildman–Crippen MR) is 84.2 cm³/mol. The van der Waals surface area contributed by atoms with Gasteiger partial charge in [0.15, 0.2) is 5.84 Å². The fraction of sp³-hybridized carbons (Fsp3) is 0. The van der Waals surface area contributed by atoms with Gasteiger partial charge >= 0.3 is 0 Å². The number of H-pyrrole nitrogens is 1. The van der Waals surface area contributed by atoms with Gasteiger partial charge in [-0.2, -0.15) is 0 Å². The molecule has 9 heteroatoms. The van der Waals surface area contributed by atoms with Gasteiger partial charge in [-0.25, -0.2) is 4.98 Å². The van der Waals surface area contributed by atoms with Crippen LogP contribution >= 0.6 is 11.3 Å². The summed E-state index contributed by atoms with van der Waals surface area (Å²) in [6, 6.07) is 6.86. The third kappa shape index (κ3) is 2.56. The molecule has 0 fully saturated rings. The van der Waals surface area contributed by atoms with E-state index in [1.54, 1.807) is 24.3 Å². The molecule has 0 atom stereocenters. The number of fused-ring (bicyclic) bond motifs is 1. The molecular weight excluding hydrogens is 302 g/mol. The number of nitrogens with two attached hydrogens (primary N) is 1. The number of imidazole rings is 1. The van der Waals surface area contributed by atoms with E-state index >= 15 is 0 Å². The Morgan fingerprint density at radius 2 is 2.32 bits per heavy atom. The van der Waals surface area contributed by atoms with E-state index in [1.165, 1.54) is 17.7 Å². The Hall–Kier alpha value is -3.07. The topological polar surface area (TPSA) is 132 Å². The first kappa shape index (κ1) is 13.9. The Bertz CT molecular complexity index is 866. The van der Waals surface area contributed by atoms with Crippen molar-refractivity contribution < 1.29 is 4.79 Å². The Morgan fingerprint density at radius 1 is 1.45 bits per heavy atom. The zero-order valence-electron chi connectivity index (χ0n) is 11.2. The molecule has 0 spiro atoms. The Morgan fingerprint density at radius 3 is 3.05 bits per heavy atom. The van der Waals surface area contributed by atoms with E-state index in [0.717, 1.165) is 5.52 Å². The highest BCUT2D eigenvalue weighted by atomic mass is 32.1. The molecule has 8 nitrogen and oxygen atoms in total. The van der Waals surface area contributed by atoms with Gasteiger partial charge in [0.1, 0.15) is 0 Å². The van der Waals surface area contributed by atoms with E-state index in [1.807, 2.05) is 5.38 Å². The number of rotatable bonds is 3. The van der Waals surface area contributed by atoms with Crippen molar-refractivity contribution in [2.75, 3.05) is 5.32 Å². The summed E-state index contributed by atoms with van der Waals surface area (Å²) in [5, 5.41) is 19.1. The van der Waals surface area contributed by atoms with E-state index < -0.39 is 0 Å². The maximum Gasteiger partial charge on any atom is 0.265 e. The molecule has 2 heterocycles. The average Bonchev–Trinajstić information content (AvgIpc) is 3.17. The maximum absolute atomic E-state index is 12.2. The molecule has 2 aromatic heterocycles. The molecule has 0 unspecified atom stereocenters. The minimum absolute atomic E-state index is 0.152. The van der Waals surface area contributed by atoms with Gasteiger partial charge in [0.2, 0.25) is 0 Å². The van der Waals surface area contributed by atoms with E-state index in [0.29, 0.717) is 21.6 Å². The fourth-order valence-corrected chi connectivity index (χ4v) is 2.60. The van der Waals surface area contributed by atoms with Crippen LogP contribution in [0, 0.1) is 5.41 Å². The zero-order valence-corrected chi connectivity index (χ0v) is 12.0. The number of hydrogen-bond acceptors (Lipinski definition) is 5. The summed E-state index contributed by atoms with van der Waals surface area (Å²) >= 11 is 1.33. The highest BCUT2D eigenvalue weighted by Crippen LogP contribution is 2.24. The number of carbonyl (C=O) groups is 1. The van der Waals surface area contributed by atoms with Crippen LogP contribution in [0.4, 0.5) is 5.69 Å². The predicted octanol–water partition coefficient (Wildman–Crippen LogP) is 2.53. The van der Waals surface area contributed by atoms with Crippen LogP contribution in [-0.4, -0.2) is 21.7 Å². The summed E-state index contributed by atoms with van der Waals surface area (Å²) < 4.78 is 0. The van der Waals surface area contributed by atoms with Gasteiger partial charge in [0.25, 0.3) is 5.91 Å². The van der Waals surface area contributed by atoms with Gasteiger partial charge in [0, 0.05) is 5.56 Å². The van der Waals surface area contributed by atoms with Crippen molar-refractivity contribution >= 4 is 39.8 Å². The molecule has 0 saturated heterocycles. The zero-order chi connectivity index (χ0) is 15.5. The van der Waals surface area contributed by atoms with Gasteiger partial charge in [-0.1, -0.05) is 11.3 Å². The molecule has 1 amide bonds. The smallest absolute Gasteiger partial charge is 0.265 e. The standard InChI is InChI=1S/C13H11N7OS/c14-12(19-20-15)7-4-9-10(17-6-16-9)5-8(7)18-13(21)11-2-1-3-22-11/h1-6H,(H,16,17)(H,18,21)(H3,14,15,19). The summed E-state index contributed by atoms with van der Waals surface area (Å²) in [4.78, 5) is 19.9. The number of anilines is 1. The Labute approximate surface area is 128 Å². The molecule has 3 rings (SSSR count). The van der Waals surface area contributed by atoms with Crippen LogP contribution in [-0.2, 0) is 0 Å². The number of aromatic nitrogens is 2. The highest BCUT2D eigenvalue weighted by Gasteiger charge is 2.15. The second-order valence-electron chi connectivity index (χ2n) is 4.31. The van der Waals surface area contributed by atoms with Crippen LogP contribution in [0.1, 0.15) is 15.2 Å². The highest BCUT2D eigenvalue weighted by molar-refractivity contribution is 7.12. The van der Waals surface area contributed by atoms with Crippen molar-refractivity contribution in [3.05, 3.63) is 46.4 Å². The first-order valence-corrected chi connectivity index (χ1v) is 7.09. The van der Waals surface area contributed by atoms with Crippen molar-refractivity contribution in [2.24, 2.45) is 16.2 Å². The SMILES string of the molecule is N=C(N=NN)c1cc2[nH]cnc2cc1NC(=O)c1cccs1. The average molecular weight is 313 g/mol. The lowest BCUT2D eigenvalue weighted by Crippen LogP contribution is -2.13. The molecule has 0 aliphatic heterocycles. The van der Waals surface area contributed by atoms with Crippen molar-refractivity contribution in [3.8, 4) is 0 Å². The van der Waals surface area contributed by atoms with Crippen LogP contribution in [0.15, 0.2) is 46.3 Å². The number of amides is 1. The molecule has 0 radical (unpaired) electrons. The van der Waals surface area contributed by atoms with Gasteiger partial charge in [0.05, 0.1) is 27.9 Å². The number of aromatic amines is 1. The third-order valence-electron chi connectivity index (χ3n) is 2.97. The minimum Gasteiger partial charge on any atom is -0.345 e. The summed E-state index contributed by atoms with van der Waals surface area (Å²) in [5.74, 6) is 4.59. The number of amidine groups is 1. The van der Waals surface area contributed by atoms with Crippen molar-refractivity contribution in [1.29, 1.82) is 5.41 Å². The van der Waals surface area contributed by atoms with Crippen LogP contribution in [0.3, 0.4) is 0 Å². The Balaban J connectivity index is 2.03. The van der Waals surface area contributed by atoms with Crippen LogP contribution in [0.5, 0.6) is 0 Å². The molecule has 0 aliphatic rings. The van der Waals surface area contributed by atoms with Gasteiger partial charge < -0.3 is 16.1 Å². The number of nitrogens with one attached hydrogen (secondary N) is 3. The van der Waals surface area contributed by atoms with E-state index in [9.17, 15) is 4.79 Å². The Kier molecular flexibility index (Phi) is 3.62. The van der Waals surface area contributed by atoms with Crippen LogP contribution < -0.4 is 11.2 Å². The van der Waals surface area contributed by atoms with Crippen molar-refractivity contribution in [1.82, 2.24) is 9.97 Å². The van der Waals surface area contributed by atoms with Gasteiger partial charge in [-0.15, -0.1) is 16.5 Å². The maximum atomic E-state index is 12.2. The molecule has 0 bridgehead atoms. The van der Waals surface area contributed by atoms with E-state index in [2.05, 4.69) is 25.6 Å². The van der Waals surface area contributed by atoms with Crippen molar-refractivity contribution in [3.63, 3.8) is 0 Å². The summed E-state index contributed by atoms with van der Waals surface area (Å²) in [5.41, 5.74) is 2.22. The van der Waals surface area contributed by atoms with E-state index in [-0.39, 0.29) is 11.7 Å². The lowest BCUT2D eigenvalue weighted by Gasteiger charge is -2.09. The number of carbonyl (C=O) groups excluding carboxylic acids is 1. The number of thiophene rings is 1. The molecular formula is C13H11N7OS. The monoisotopic (exact) mass is 313 g/mol. The first-order chi connectivity index (χ1) is 10.7. The lowest BCUT2D eigenvalue weighted by molar-refractivity contribution is 0.103. The second kappa shape index (κ2) is 5.74. The molecule has 0 saturated carbocycles. The number of hydrogen-bond donors (Lipinski definition) is 4. The lowest BCUT2D eigenvalue weighted by atomic mass is 10.1. The third-order valence-corrected chi connectivity index (χ3v) is 3.83. The van der Waals surface area contributed by atoms with Crippen molar-refractivity contribution in [2.45, 2.75) is 0 Å². The molecule has 22 heavy (non-hydrogen) atoms. The van der Waals surface area contributed by atoms with Crippen LogP contribution in [0.2, 0.25) is 0 Å². The molecule has 110 valence electrons. The second-order valence-corrected chi connectivity index (χ2v) is 5.26. The summed E-state index contributed by atoms with van der Waals surface area (Å²) in [6.07, 6.45) is 1.54. The number of nitrogens with zero attached hydrogens (tertiary/aromatic N) is 3. The largest absolute Gasteiger partial charge is 0.345 e. The fourth-order valence-electron chi connectivity index (χ4n) is 1.98. The van der Waals surface area contributed by atoms with Gasteiger partial charge in [-0.3, -0.25) is 10.2 Å². The normalized spacial score (nSPS) is 11.1. The van der Waals surface area contributed by atoms with Gasteiger partial charge in [-0.05, 0) is 23.6 Å². The van der Waals surface area contributed by atoms with Crippen LogP contribution in [0.25, 0.3) is 11.0 Å². The summed E-state index contributed by atoms with van der Waals surface area (Å²) in [6.45, 7) is 0. The summed E-state index contributed by atoms with van der Waals surface area (Å²) in [7, 11) is 0. The van der Waals surface area contributed by atoms with E-state index in [4.69, 9.17) is 11.3 Å².